The maximum Gasteiger partial charge on any atom is 0.246 e. The molecule has 0 aliphatic heterocycles. The van der Waals surface area contributed by atoms with Crippen LogP contribution in [0.25, 0.3) is 0 Å². The van der Waals surface area contributed by atoms with Gasteiger partial charge in [-0.1, -0.05) is 12.2 Å². The molecule has 1 amide bonds. The summed E-state index contributed by atoms with van der Waals surface area (Å²) in [6, 6.07) is 0. The second kappa shape index (κ2) is 5.71. The van der Waals surface area contributed by atoms with Crippen molar-refractivity contribution in [1.82, 2.24) is 4.90 Å². The van der Waals surface area contributed by atoms with Crippen LogP contribution in [0.2, 0.25) is 0 Å². The number of amides is 1. The van der Waals surface area contributed by atoms with Crippen molar-refractivity contribution in [2.45, 2.75) is 13.8 Å². The number of nitrogens with zero attached hydrogens (tertiary/aromatic N) is 1. The molecule has 0 saturated carbocycles. The average molecular weight is 153 g/mol. The third-order valence-corrected chi connectivity index (χ3v) is 1.35. The van der Waals surface area contributed by atoms with E-state index in [1.54, 1.807) is 23.1 Å². The number of allylic oxidation sites excluding steroid dienone is 1. The number of carbonyl (C=O) groups excluding carboxylic acids is 1. The van der Waals surface area contributed by atoms with Crippen LogP contribution < -0.4 is 0 Å². The van der Waals surface area contributed by atoms with Gasteiger partial charge >= 0.3 is 0 Å². The van der Waals surface area contributed by atoms with Crippen LogP contribution in [0.4, 0.5) is 0 Å². The van der Waals surface area contributed by atoms with Crippen molar-refractivity contribution in [3.05, 3.63) is 24.8 Å². The monoisotopic (exact) mass is 153 g/mol. The Bertz CT molecular complexity index is 161. The first kappa shape index (κ1) is 9.95. The molecule has 2 nitrogen and oxygen atoms in total. The molecule has 0 bridgehead atoms. The molecule has 11 heavy (non-hydrogen) atoms. The zero-order valence-electron chi connectivity index (χ0n) is 7.21. The maximum absolute atomic E-state index is 11.2. The van der Waals surface area contributed by atoms with Gasteiger partial charge in [-0.05, 0) is 19.9 Å². The molecule has 2 heteroatoms. The molecule has 62 valence electrons. The van der Waals surface area contributed by atoms with Gasteiger partial charge in [0.1, 0.15) is 0 Å². The third kappa shape index (κ3) is 3.61. The minimum absolute atomic E-state index is 0.0508. The van der Waals surface area contributed by atoms with E-state index in [-0.39, 0.29) is 5.91 Å². The quantitative estimate of drug-likeness (QED) is 0.443. The lowest BCUT2D eigenvalue weighted by molar-refractivity contribution is -0.125. The molecule has 0 aromatic carbocycles. The van der Waals surface area contributed by atoms with Gasteiger partial charge in [-0.15, -0.1) is 6.58 Å². The Morgan fingerprint density at radius 1 is 1.64 bits per heavy atom. The smallest absolute Gasteiger partial charge is 0.246 e. The summed E-state index contributed by atoms with van der Waals surface area (Å²) in [7, 11) is 0. The molecule has 0 aliphatic rings. The molecule has 0 rings (SSSR count). The van der Waals surface area contributed by atoms with Gasteiger partial charge in [-0.3, -0.25) is 4.79 Å². The van der Waals surface area contributed by atoms with Gasteiger partial charge in [0.15, 0.2) is 0 Å². The Labute approximate surface area is 68.2 Å². The minimum atomic E-state index is 0.0508. The van der Waals surface area contributed by atoms with Crippen molar-refractivity contribution in [3.63, 3.8) is 0 Å². The molecule has 0 aromatic rings. The number of likely N-dealkylation sites (N-methyl/N-ethyl adjacent to an activating group) is 1. The summed E-state index contributed by atoms with van der Waals surface area (Å²) < 4.78 is 0. The summed E-state index contributed by atoms with van der Waals surface area (Å²) in [4.78, 5) is 12.9. The number of hydrogen-bond donors (Lipinski definition) is 0. The highest BCUT2D eigenvalue weighted by Gasteiger charge is 2.03. The van der Waals surface area contributed by atoms with Crippen LogP contribution in [-0.4, -0.2) is 23.9 Å². The summed E-state index contributed by atoms with van der Waals surface area (Å²) in [5.41, 5.74) is 0. The molecular weight excluding hydrogens is 138 g/mol. The summed E-state index contributed by atoms with van der Waals surface area (Å²) in [5, 5.41) is 0. The van der Waals surface area contributed by atoms with Crippen molar-refractivity contribution >= 4 is 5.91 Å². The lowest BCUT2D eigenvalue weighted by atomic mass is 10.4. The van der Waals surface area contributed by atoms with E-state index < -0.39 is 0 Å². The number of hydrogen-bond acceptors (Lipinski definition) is 1. The molecule has 0 N–H and O–H groups in total. The molecule has 0 fully saturated rings. The summed E-state index contributed by atoms with van der Waals surface area (Å²) in [5.74, 6) is 0.0508. The van der Waals surface area contributed by atoms with E-state index in [9.17, 15) is 4.79 Å². The zero-order chi connectivity index (χ0) is 8.69. The van der Waals surface area contributed by atoms with Gasteiger partial charge in [0.2, 0.25) is 5.91 Å². The second-order valence-electron chi connectivity index (χ2n) is 2.17. The minimum Gasteiger partial charge on any atom is -0.336 e. The van der Waals surface area contributed by atoms with E-state index in [2.05, 4.69) is 6.58 Å². The van der Waals surface area contributed by atoms with Crippen LogP contribution in [0.15, 0.2) is 24.8 Å². The summed E-state index contributed by atoms with van der Waals surface area (Å²) in [6.07, 6.45) is 5.03. The van der Waals surface area contributed by atoms with Gasteiger partial charge in [0.05, 0.1) is 0 Å². The van der Waals surface area contributed by atoms with Gasteiger partial charge in [-0.25, -0.2) is 0 Å². The standard InChI is InChI=1S/C9H15NO/c1-4-7-9(11)10(6-3)8-5-2/h4-5,7H,2,6,8H2,1,3H3/b7-4+. The fourth-order valence-electron chi connectivity index (χ4n) is 0.779. The van der Waals surface area contributed by atoms with Crippen molar-refractivity contribution in [1.29, 1.82) is 0 Å². The van der Waals surface area contributed by atoms with E-state index >= 15 is 0 Å². The van der Waals surface area contributed by atoms with Crippen LogP contribution in [0.5, 0.6) is 0 Å². The molecular formula is C9H15NO. The molecule has 0 atom stereocenters. The Hall–Kier alpha value is -1.05. The Balaban J connectivity index is 4.01. The lowest BCUT2D eigenvalue weighted by Gasteiger charge is -2.16. The highest BCUT2D eigenvalue weighted by Crippen LogP contribution is 1.90. The second-order valence-corrected chi connectivity index (χ2v) is 2.17. The Morgan fingerprint density at radius 3 is 2.64 bits per heavy atom. The predicted octanol–water partition coefficient (Wildman–Crippen LogP) is 1.60. The molecule has 0 spiro atoms. The van der Waals surface area contributed by atoms with E-state index in [1.807, 2.05) is 13.8 Å². The summed E-state index contributed by atoms with van der Waals surface area (Å²) in [6.45, 7) is 8.71. The molecule has 0 unspecified atom stereocenters. The van der Waals surface area contributed by atoms with Gasteiger partial charge < -0.3 is 4.90 Å². The van der Waals surface area contributed by atoms with E-state index in [0.717, 1.165) is 6.54 Å². The van der Waals surface area contributed by atoms with E-state index in [4.69, 9.17) is 0 Å². The van der Waals surface area contributed by atoms with Crippen molar-refractivity contribution in [2.75, 3.05) is 13.1 Å². The van der Waals surface area contributed by atoms with Gasteiger partial charge in [-0.2, -0.15) is 0 Å². The first-order chi connectivity index (χ1) is 5.26. The van der Waals surface area contributed by atoms with Crippen molar-refractivity contribution in [3.8, 4) is 0 Å². The van der Waals surface area contributed by atoms with Crippen molar-refractivity contribution in [2.24, 2.45) is 0 Å². The third-order valence-electron chi connectivity index (χ3n) is 1.35. The molecule has 0 aromatic heterocycles. The number of rotatable bonds is 4. The first-order valence-electron chi connectivity index (χ1n) is 3.78. The van der Waals surface area contributed by atoms with E-state index in [0.29, 0.717) is 6.54 Å². The molecule has 0 aliphatic carbocycles. The molecule has 0 saturated heterocycles. The van der Waals surface area contributed by atoms with Crippen LogP contribution in [0.1, 0.15) is 13.8 Å². The van der Waals surface area contributed by atoms with E-state index in [1.165, 1.54) is 0 Å². The van der Waals surface area contributed by atoms with Crippen molar-refractivity contribution < 1.29 is 4.79 Å². The largest absolute Gasteiger partial charge is 0.336 e. The predicted molar refractivity (Wildman–Crippen MR) is 47.3 cm³/mol. The van der Waals surface area contributed by atoms with Gasteiger partial charge in [0.25, 0.3) is 0 Å². The van der Waals surface area contributed by atoms with Crippen LogP contribution in [-0.2, 0) is 4.79 Å². The normalized spacial score (nSPS) is 10.0. The Kier molecular flexibility index (Phi) is 5.17. The fourth-order valence-corrected chi connectivity index (χ4v) is 0.779. The van der Waals surface area contributed by atoms with Crippen LogP contribution >= 0.6 is 0 Å². The first-order valence-corrected chi connectivity index (χ1v) is 3.78. The highest BCUT2D eigenvalue weighted by molar-refractivity contribution is 5.87. The fraction of sp³-hybridized carbons (Fsp3) is 0.444. The SMILES string of the molecule is C=CCN(CC)C(=O)/C=C/C. The zero-order valence-corrected chi connectivity index (χ0v) is 7.21. The summed E-state index contributed by atoms with van der Waals surface area (Å²) >= 11 is 0. The molecule has 0 heterocycles. The van der Waals surface area contributed by atoms with Crippen LogP contribution in [0.3, 0.4) is 0 Å². The Morgan fingerprint density at radius 2 is 2.27 bits per heavy atom. The average Bonchev–Trinajstić information content (AvgIpc) is 2.00. The highest BCUT2D eigenvalue weighted by atomic mass is 16.2. The van der Waals surface area contributed by atoms with Gasteiger partial charge in [0, 0.05) is 13.1 Å². The number of carbonyl (C=O) groups is 1. The van der Waals surface area contributed by atoms with Crippen LogP contribution in [0, 0.1) is 0 Å². The topological polar surface area (TPSA) is 20.3 Å². The lowest BCUT2D eigenvalue weighted by Crippen LogP contribution is -2.29. The maximum atomic E-state index is 11.2. The molecule has 0 radical (unpaired) electrons.